The van der Waals surface area contributed by atoms with E-state index in [4.69, 9.17) is 9.73 Å². The van der Waals surface area contributed by atoms with E-state index in [-0.39, 0.29) is 0 Å². The molecule has 0 saturated heterocycles. The van der Waals surface area contributed by atoms with Crippen LogP contribution in [0.15, 0.2) is 17.4 Å². The van der Waals surface area contributed by atoms with Gasteiger partial charge in [0.2, 0.25) is 0 Å². The van der Waals surface area contributed by atoms with Gasteiger partial charge in [0, 0.05) is 39.5 Å². The molecule has 0 bridgehead atoms. The normalized spacial score (nSPS) is 17.2. The highest BCUT2D eigenvalue weighted by molar-refractivity contribution is 5.79. The summed E-state index contributed by atoms with van der Waals surface area (Å²) in [6.07, 6.45) is 10.2. The molecule has 1 aromatic rings. The van der Waals surface area contributed by atoms with E-state index in [0.717, 1.165) is 45.2 Å². The molecule has 1 saturated carbocycles. The highest BCUT2D eigenvalue weighted by Gasteiger charge is 2.33. The number of methoxy groups -OCH3 is 1. The molecule has 0 spiro atoms. The van der Waals surface area contributed by atoms with Crippen LogP contribution < -0.4 is 10.6 Å². The number of aromatic nitrogens is 2. The van der Waals surface area contributed by atoms with Crippen molar-refractivity contribution in [1.82, 2.24) is 20.4 Å². The second-order valence-electron chi connectivity index (χ2n) is 6.85. The predicted molar refractivity (Wildman–Crippen MR) is 98.3 cm³/mol. The summed E-state index contributed by atoms with van der Waals surface area (Å²) in [4.78, 5) is 4.87. The van der Waals surface area contributed by atoms with Crippen LogP contribution in [-0.2, 0) is 11.3 Å². The molecular weight excluding hydrogens is 302 g/mol. The molecule has 0 amide bonds. The zero-order valence-corrected chi connectivity index (χ0v) is 15.5. The summed E-state index contributed by atoms with van der Waals surface area (Å²) >= 11 is 0. The Bertz CT molecular complexity index is 505. The summed E-state index contributed by atoms with van der Waals surface area (Å²) in [6.45, 7) is 8.40. The van der Waals surface area contributed by atoms with Crippen LogP contribution in [-0.4, -0.2) is 49.1 Å². The van der Waals surface area contributed by atoms with Gasteiger partial charge >= 0.3 is 0 Å². The molecule has 0 aromatic carbocycles. The Morgan fingerprint density at radius 2 is 2.17 bits per heavy atom. The largest absolute Gasteiger partial charge is 0.385 e. The Morgan fingerprint density at radius 3 is 2.79 bits per heavy atom. The molecule has 1 aliphatic rings. The van der Waals surface area contributed by atoms with Crippen molar-refractivity contribution < 1.29 is 4.74 Å². The van der Waals surface area contributed by atoms with Gasteiger partial charge in [0.1, 0.15) is 0 Å². The summed E-state index contributed by atoms with van der Waals surface area (Å²) in [5.41, 5.74) is 1.52. The van der Waals surface area contributed by atoms with Crippen molar-refractivity contribution in [2.75, 3.05) is 33.4 Å². The molecule has 0 atom stereocenters. The number of aryl methyl sites for hydroxylation is 1. The highest BCUT2D eigenvalue weighted by Crippen LogP contribution is 2.41. The number of aliphatic imine (C=N–C) groups is 1. The molecule has 2 N–H and O–H groups in total. The van der Waals surface area contributed by atoms with E-state index in [1.54, 1.807) is 7.11 Å². The van der Waals surface area contributed by atoms with Crippen LogP contribution >= 0.6 is 0 Å². The lowest BCUT2D eigenvalue weighted by Crippen LogP contribution is -2.40. The minimum atomic E-state index is 0.331. The van der Waals surface area contributed by atoms with E-state index >= 15 is 0 Å². The lowest BCUT2D eigenvalue weighted by molar-refractivity contribution is 0.141. The lowest BCUT2D eigenvalue weighted by atomic mass is 9.83. The van der Waals surface area contributed by atoms with E-state index in [0.29, 0.717) is 5.41 Å². The maximum atomic E-state index is 5.31. The third-order valence-corrected chi connectivity index (χ3v) is 4.81. The Balaban J connectivity index is 1.86. The van der Waals surface area contributed by atoms with Gasteiger partial charge in [-0.05, 0) is 44.1 Å². The van der Waals surface area contributed by atoms with E-state index in [9.17, 15) is 0 Å². The quantitative estimate of drug-likeness (QED) is 0.537. The smallest absolute Gasteiger partial charge is 0.191 e. The number of nitrogens with zero attached hydrogens (tertiary/aromatic N) is 3. The Labute approximate surface area is 146 Å². The summed E-state index contributed by atoms with van der Waals surface area (Å²) < 4.78 is 7.27. The Hall–Kier alpha value is -1.56. The third kappa shape index (κ3) is 5.82. The van der Waals surface area contributed by atoms with Crippen LogP contribution in [0, 0.1) is 12.3 Å². The fourth-order valence-electron chi connectivity index (χ4n) is 3.40. The van der Waals surface area contributed by atoms with Gasteiger partial charge < -0.3 is 15.4 Å². The van der Waals surface area contributed by atoms with Gasteiger partial charge in [0.05, 0.1) is 12.7 Å². The molecule has 1 heterocycles. The molecule has 0 unspecified atom stereocenters. The number of hydrogen-bond donors (Lipinski definition) is 2. The minimum Gasteiger partial charge on any atom is -0.385 e. The molecule has 1 aliphatic carbocycles. The molecule has 1 fully saturated rings. The predicted octanol–water partition coefficient (Wildman–Crippen LogP) is 2.34. The van der Waals surface area contributed by atoms with Gasteiger partial charge in [-0.2, -0.15) is 5.10 Å². The van der Waals surface area contributed by atoms with Gasteiger partial charge in [-0.25, -0.2) is 0 Å². The van der Waals surface area contributed by atoms with Crippen molar-refractivity contribution in [2.24, 2.45) is 10.4 Å². The SMILES string of the molecule is CCNC(=NCC1(CCOC)CCCC1)NCCn1cc(C)cn1. The maximum absolute atomic E-state index is 5.31. The average molecular weight is 335 g/mol. The summed E-state index contributed by atoms with van der Waals surface area (Å²) in [5, 5.41) is 11.1. The van der Waals surface area contributed by atoms with E-state index in [1.807, 2.05) is 10.9 Å². The molecule has 136 valence electrons. The zero-order valence-electron chi connectivity index (χ0n) is 15.5. The molecule has 1 aromatic heterocycles. The fourth-order valence-corrected chi connectivity index (χ4v) is 3.40. The van der Waals surface area contributed by atoms with E-state index in [1.165, 1.54) is 31.2 Å². The second kappa shape index (κ2) is 9.67. The lowest BCUT2D eigenvalue weighted by Gasteiger charge is -2.27. The monoisotopic (exact) mass is 335 g/mol. The first-order valence-corrected chi connectivity index (χ1v) is 9.18. The average Bonchev–Trinajstić information content (AvgIpc) is 3.20. The van der Waals surface area contributed by atoms with E-state index in [2.05, 4.69) is 35.8 Å². The first-order chi connectivity index (χ1) is 11.7. The van der Waals surface area contributed by atoms with Crippen LogP contribution in [0.1, 0.15) is 44.6 Å². The zero-order chi connectivity index (χ0) is 17.3. The van der Waals surface area contributed by atoms with Crippen LogP contribution in [0.3, 0.4) is 0 Å². The topological polar surface area (TPSA) is 63.5 Å². The summed E-state index contributed by atoms with van der Waals surface area (Å²) in [5.74, 6) is 0.907. The Morgan fingerprint density at radius 1 is 1.38 bits per heavy atom. The number of guanidine groups is 1. The van der Waals surface area contributed by atoms with Crippen molar-refractivity contribution in [3.8, 4) is 0 Å². The number of nitrogens with one attached hydrogen (secondary N) is 2. The van der Waals surface area contributed by atoms with Gasteiger partial charge in [-0.15, -0.1) is 0 Å². The second-order valence-corrected chi connectivity index (χ2v) is 6.85. The molecule has 2 rings (SSSR count). The molecule has 0 aliphatic heterocycles. The van der Waals surface area contributed by atoms with E-state index < -0.39 is 0 Å². The maximum Gasteiger partial charge on any atom is 0.191 e. The van der Waals surface area contributed by atoms with Gasteiger partial charge in [-0.3, -0.25) is 9.67 Å². The summed E-state index contributed by atoms with van der Waals surface area (Å²) in [7, 11) is 1.79. The first-order valence-electron chi connectivity index (χ1n) is 9.18. The Kier molecular flexibility index (Phi) is 7.56. The fraction of sp³-hybridized carbons (Fsp3) is 0.778. The van der Waals surface area contributed by atoms with Crippen LogP contribution in [0.4, 0.5) is 0 Å². The first kappa shape index (κ1) is 18.8. The van der Waals surface area contributed by atoms with Crippen molar-refractivity contribution >= 4 is 5.96 Å². The molecule has 0 radical (unpaired) electrons. The molecular formula is C18H33N5O. The molecule has 24 heavy (non-hydrogen) atoms. The minimum absolute atomic E-state index is 0.331. The highest BCUT2D eigenvalue weighted by atomic mass is 16.5. The standard InChI is InChI=1S/C18H33N5O/c1-4-19-17(20-10-11-23-14-16(2)13-22-23)21-15-18(9-12-24-3)7-5-6-8-18/h13-14H,4-12,15H2,1-3H3,(H2,19,20,21). The molecule has 6 heteroatoms. The third-order valence-electron chi connectivity index (χ3n) is 4.81. The van der Waals surface area contributed by atoms with Gasteiger partial charge in [-0.1, -0.05) is 12.8 Å². The van der Waals surface area contributed by atoms with Crippen molar-refractivity contribution in [3.05, 3.63) is 18.0 Å². The van der Waals surface area contributed by atoms with Gasteiger partial charge in [0.15, 0.2) is 5.96 Å². The van der Waals surface area contributed by atoms with Gasteiger partial charge in [0.25, 0.3) is 0 Å². The van der Waals surface area contributed by atoms with Crippen LogP contribution in [0.25, 0.3) is 0 Å². The van der Waals surface area contributed by atoms with Crippen LogP contribution in [0.5, 0.6) is 0 Å². The number of ether oxygens (including phenoxy) is 1. The van der Waals surface area contributed by atoms with Crippen molar-refractivity contribution in [2.45, 2.75) is 52.5 Å². The van der Waals surface area contributed by atoms with Crippen molar-refractivity contribution in [3.63, 3.8) is 0 Å². The number of rotatable bonds is 9. The van der Waals surface area contributed by atoms with Crippen LogP contribution in [0.2, 0.25) is 0 Å². The molecule has 6 nitrogen and oxygen atoms in total. The summed E-state index contributed by atoms with van der Waals surface area (Å²) in [6, 6.07) is 0. The number of hydrogen-bond acceptors (Lipinski definition) is 3. The van der Waals surface area contributed by atoms with Crippen molar-refractivity contribution in [1.29, 1.82) is 0 Å².